The summed E-state index contributed by atoms with van der Waals surface area (Å²) in [4.78, 5) is 8.80. The van der Waals surface area contributed by atoms with Gasteiger partial charge in [0.25, 0.3) is 0 Å². The minimum atomic E-state index is -0.574. The molecule has 0 spiro atoms. The molecule has 15 aromatic rings. The first-order valence-electron chi connectivity index (χ1n) is 36.3. The molecule has 2 aliphatic carbocycles. The summed E-state index contributed by atoms with van der Waals surface area (Å²) in [5.74, 6) is 3.32. The molecule has 3 aliphatic rings. The van der Waals surface area contributed by atoms with Crippen molar-refractivity contribution in [3.05, 3.63) is 314 Å². The van der Waals surface area contributed by atoms with E-state index in [9.17, 15) is 5.48 Å². The largest absolute Gasteiger partial charge is 0.509 e. The molecule has 0 bridgehead atoms. The molecule has 0 fully saturated rings. The first-order chi connectivity index (χ1) is 49.8. The smallest absolute Gasteiger partial charge is 0.143 e. The summed E-state index contributed by atoms with van der Waals surface area (Å²) in [6.45, 7) is 1.75. The van der Waals surface area contributed by atoms with Crippen LogP contribution in [0.3, 0.4) is 0 Å². The van der Waals surface area contributed by atoms with Crippen LogP contribution in [0.5, 0.6) is 23.0 Å². The molecule has 0 N–H and O–H groups in total. The molecule has 0 saturated carbocycles. The Balaban J connectivity index is 0.00000787. The summed E-state index contributed by atoms with van der Waals surface area (Å²) < 4.78 is 108. The molecule has 1 aliphatic heterocycles. The summed E-state index contributed by atoms with van der Waals surface area (Å²) in [6, 6.07) is 72.7. The van der Waals surface area contributed by atoms with Crippen LogP contribution >= 0.6 is 0 Å². The monoisotopic (exact) mass is 1390 g/mol. The van der Waals surface area contributed by atoms with E-state index in [1.165, 1.54) is 29.5 Å². The summed E-state index contributed by atoms with van der Waals surface area (Å²) in [5, 5.41) is 4.18. The van der Waals surface area contributed by atoms with Crippen molar-refractivity contribution < 1.29 is 44.2 Å². The molecule has 0 saturated heterocycles. The molecule has 0 atom stereocenters. The summed E-state index contributed by atoms with van der Waals surface area (Å²) in [6.07, 6.45) is 8.40. The van der Waals surface area contributed by atoms with Gasteiger partial charge in [-0.25, -0.2) is 4.98 Å². The van der Waals surface area contributed by atoms with Crippen LogP contribution in [-0.2, 0) is 33.9 Å². The van der Waals surface area contributed by atoms with E-state index >= 15 is 0 Å². The Hall–Kier alpha value is -10.7. The Morgan fingerprint density at radius 3 is 1.71 bits per heavy atom. The van der Waals surface area contributed by atoms with Crippen molar-refractivity contribution in [1.29, 1.82) is 0 Å². The molecule has 12 aromatic carbocycles. The molecule has 18 rings (SSSR count). The third-order valence-electron chi connectivity index (χ3n) is 18.5. The number of pyridine rings is 1. The van der Waals surface area contributed by atoms with Crippen LogP contribution in [0.15, 0.2) is 279 Å². The fourth-order valence-corrected chi connectivity index (χ4v) is 14.7. The van der Waals surface area contributed by atoms with Crippen molar-refractivity contribution in [3.63, 3.8) is 0 Å². The van der Waals surface area contributed by atoms with E-state index in [1.54, 1.807) is 29.8 Å². The van der Waals surface area contributed by atoms with Crippen LogP contribution in [0.1, 0.15) is 62.0 Å². The van der Waals surface area contributed by atoms with Gasteiger partial charge in [-0.3, -0.25) is 0 Å². The average Bonchev–Trinajstić information content (AvgIpc) is 1.65. The maximum absolute atomic E-state index is 9.19. The zero-order valence-electron chi connectivity index (χ0n) is 60.1. The van der Waals surface area contributed by atoms with Gasteiger partial charge in [-0.15, -0.1) is 48.1 Å². The Morgan fingerprint density at radius 2 is 1.05 bits per heavy atom. The predicted octanol–water partition coefficient (Wildman–Crippen LogP) is 22.3. The Bertz CT molecular complexity index is 5730. The summed E-state index contributed by atoms with van der Waals surface area (Å²) >= 11 is 0. The van der Waals surface area contributed by atoms with Gasteiger partial charge in [-0.2, -0.15) is 12.1 Å². The summed E-state index contributed by atoms with van der Waals surface area (Å²) in [7, 11) is 0. The van der Waals surface area contributed by atoms with E-state index in [1.807, 2.05) is 71.8 Å². The fraction of sp³-hybridized carbons (Fsp3) is 0.0824. The Morgan fingerprint density at radius 1 is 0.473 bits per heavy atom. The number of benzene rings is 12. The molecule has 7 nitrogen and oxygen atoms in total. The number of nitrogens with zero attached hydrogens (tertiary/aromatic N) is 5. The van der Waals surface area contributed by atoms with Crippen LogP contribution in [0.2, 0.25) is 0 Å². The molecule has 3 aromatic heterocycles. The zero-order chi connectivity index (χ0) is 69.3. The van der Waals surface area contributed by atoms with Crippen LogP contribution < -0.4 is 19.3 Å². The van der Waals surface area contributed by atoms with Crippen molar-refractivity contribution in [2.45, 2.75) is 44.4 Å². The van der Waals surface area contributed by atoms with Gasteiger partial charge in [0.05, 0.1) is 24.7 Å². The molecule has 8 heteroatoms. The average molecular weight is 1390 g/mol. The molecule has 4 heterocycles. The zero-order valence-corrected chi connectivity index (χ0v) is 52.3. The normalized spacial score (nSPS) is 15.1. The molecule has 0 radical (unpaired) electrons. The van der Waals surface area contributed by atoms with E-state index in [4.69, 9.17) is 22.7 Å². The minimum absolute atomic E-state index is 0. The van der Waals surface area contributed by atoms with Crippen LogP contribution in [0, 0.1) is 18.8 Å². The molecule has 93 heavy (non-hydrogen) atoms. The van der Waals surface area contributed by atoms with Crippen molar-refractivity contribution in [2.24, 2.45) is 0 Å². The second-order valence-electron chi connectivity index (χ2n) is 23.7. The number of fused-ring (bicyclic) bond motifs is 7. The van der Waals surface area contributed by atoms with E-state index in [2.05, 4.69) is 155 Å². The van der Waals surface area contributed by atoms with Gasteiger partial charge in [0.15, 0.2) is 0 Å². The van der Waals surface area contributed by atoms with E-state index in [0.717, 1.165) is 97.5 Å². The van der Waals surface area contributed by atoms with Crippen LogP contribution in [-0.4, -0.2) is 14.1 Å². The molecular weight excluding hydrogens is 1320 g/mol. The molecule has 450 valence electrons. The predicted molar refractivity (Wildman–Crippen MR) is 375 cm³/mol. The molecule has 0 amide bonds. The number of ether oxygens (including phenoxy) is 2. The Kier molecular flexibility index (Phi) is 11.7. The van der Waals surface area contributed by atoms with Crippen LogP contribution in [0.4, 0.5) is 22.7 Å². The first-order valence-corrected chi connectivity index (χ1v) is 31.3. The number of anilines is 4. The SMILES string of the molecule is [2H]c1c([2H])c([2H])c(-c2cccc(-c3c([2H])c([2H])c([2H])c([2H])c3[2H])c2N2[CH-]N(c3[c-]c(Oc4[c-]c5c(cc4)c4cc(-n6c7ccccc7c7ccccc76)ccc4n5-c4cc(Oc5c(-c6ccccc6)c6c7c(c5-c5ccccc5)CCCC7CCC6)ccn4)ccc3)c3ccccc32)c([2H])c1[2H].[Pt]. The number of hydrogen-bond acceptors (Lipinski definition) is 5. The quantitative estimate of drug-likeness (QED) is 0.114. The maximum atomic E-state index is 9.19. The van der Waals surface area contributed by atoms with Gasteiger partial charge in [0.2, 0.25) is 0 Å². The molecule has 0 unspecified atom stereocenters. The van der Waals surface area contributed by atoms with E-state index in [-0.39, 0.29) is 49.0 Å². The van der Waals surface area contributed by atoms with Crippen molar-refractivity contribution in [2.75, 3.05) is 9.80 Å². The van der Waals surface area contributed by atoms with Crippen molar-refractivity contribution in [3.8, 4) is 79.0 Å². The fourth-order valence-electron chi connectivity index (χ4n) is 14.7. The number of rotatable bonds is 12. The number of hydrogen-bond donors (Lipinski definition) is 0. The van der Waals surface area contributed by atoms with Gasteiger partial charge in [0, 0.05) is 106 Å². The second-order valence-corrected chi connectivity index (χ2v) is 23.7. The molecular formula is C85H60N5O2Pt-3. The summed E-state index contributed by atoms with van der Waals surface area (Å²) in [5.41, 5.74) is 15.6. The van der Waals surface area contributed by atoms with Gasteiger partial charge < -0.3 is 28.4 Å². The number of aromatic nitrogens is 3. The van der Waals surface area contributed by atoms with Gasteiger partial charge >= 0.3 is 0 Å². The Labute approximate surface area is 569 Å². The van der Waals surface area contributed by atoms with Gasteiger partial charge in [-0.05, 0) is 137 Å². The van der Waals surface area contributed by atoms with Crippen molar-refractivity contribution in [1.82, 2.24) is 14.1 Å². The van der Waals surface area contributed by atoms with Gasteiger partial charge in [-0.1, -0.05) is 193 Å². The standard InChI is InChI=1S/C85H60N5O2.Pt/c1-5-23-56(24-6-1)66-37-22-38-67(57-25-7-2-8-26-57)84(66)88-55-87(77-43-17-18-44-78(77)88)61-33-21-34-63(51-61)91-64-46-47-70-73-52-62(89-74-41-15-13-35-68(74)69-36-14-16-42-75(69)89)45-48-76(73)90(79(70)53-64)80-54-65(49-50-86-80)92-85-82(59-27-9-3-10-28-59)71-39-19-31-58-32-20-40-72(81(58)71)83(85)60-29-11-4-12-30-60;/h1-18,21-30,33-38,41-50,52,54-55,58H,19-20,31-32,39-40H2;/q-3;/i1D,2D,5D,6D,7D,8D,23D,24D,25D,26D;. The number of para-hydroxylation sites is 5. The third-order valence-corrected chi connectivity index (χ3v) is 18.5. The van der Waals surface area contributed by atoms with E-state index in [0.29, 0.717) is 51.6 Å². The third kappa shape index (κ3) is 9.63. The van der Waals surface area contributed by atoms with Crippen molar-refractivity contribution >= 4 is 66.4 Å². The maximum Gasteiger partial charge on any atom is 0.143 e. The first kappa shape index (κ1) is 46.4. The second kappa shape index (κ2) is 23.5. The minimum Gasteiger partial charge on any atom is -0.509 e. The van der Waals surface area contributed by atoms with E-state index < -0.39 is 60.4 Å². The van der Waals surface area contributed by atoms with Crippen LogP contribution in [0.25, 0.3) is 99.6 Å². The van der Waals surface area contributed by atoms with Gasteiger partial charge in [0.1, 0.15) is 17.3 Å². The topological polar surface area (TPSA) is 47.7 Å².